The number of hydrogen-bond donors (Lipinski definition) is 1. The second-order valence-corrected chi connectivity index (χ2v) is 5.38. The lowest BCUT2D eigenvalue weighted by molar-refractivity contribution is 0.312. The molecule has 2 atom stereocenters. The maximum absolute atomic E-state index is 5.61. The maximum Gasteiger partial charge on any atom is 0.133 e. The molecular formula is C16H25N3O. The normalized spacial score (nSPS) is 14.7. The number of imidazole rings is 1. The third-order valence-electron chi connectivity index (χ3n) is 4.13. The summed E-state index contributed by atoms with van der Waals surface area (Å²) in [4.78, 5) is 4.48. The molecule has 2 aromatic heterocycles. The fourth-order valence-electron chi connectivity index (χ4n) is 2.79. The smallest absolute Gasteiger partial charge is 0.133 e. The van der Waals surface area contributed by atoms with Crippen molar-refractivity contribution in [3.8, 4) is 0 Å². The van der Waals surface area contributed by atoms with Crippen molar-refractivity contribution in [1.82, 2.24) is 14.9 Å². The van der Waals surface area contributed by atoms with Crippen LogP contribution in [0.2, 0.25) is 0 Å². The molecule has 2 heterocycles. The van der Waals surface area contributed by atoms with Crippen molar-refractivity contribution in [2.75, 3.05) is 0 Å². The van der Waals surface area contributed by atoms with Crippen molar-refractivity contribution in [2.24, 2.45) is 13.0 Å². The highest BCUT2D eigenvalue weighted by atomic mass is 16.3. The third-order valence-corrected chi connectivity index (χ3v) is 4.13. The van der Waals surface area contributed by atoms with Gasteiger partial charge in [0.05, 0.1) is 6.26 Å². The number of aryl methyl sites for hydroxylation is 1. The Morgan fingerprint density at radius 1 is 1.35 bits per heavy atom. The Kier molecular flexibility index (Phi) is 5.01. The average Bonchev–Trinajstić information content (AvgIpc) is 3.09. The van der Waals surface area contributed by atoms with Crippen molar-refractivity contribution >= 4 is 0 Å². The molecule has 0 aliphatic rings. The Labute approximate surface area is 121 Å². The first kappa shape index (κ1) is 14.9. The lowest BCUT2D eigenvalue weighted by Crippen LogP contribution is -2.37. The number of hydrogen-bond acceptors (Lipinski definition) is 3. The van der Waals surface area contributed by atoms with Crippen LogP contribution in [-0.4, -0.2) is 15.6 Å². The van der Waals surface area contributed by atoms with Crippen LogP contribution in [0.5, 0.6) is 0 Å². The first-order valence-corrected chi connectivity index (χ1v) is 7.44. The molecule has 0 radical (unpaired) electrons. The Balaban J connectivity index is 2.23. The van der Waals surface area contributed by atoms with Crippen molar-refractivity contribution in [3.63, 3.8) is 0 Å². The van der Waals surface area contributed by atoms with E-state index < -0.39 is 0 Å². The van der Waals surface area contributed by atoms with Gasteiger partial charge in [0.25, 0.3) is 0 Å². The van der Waals surface area contributed by atoms with E-state index in [0.717, 1.165) is 11.6 Å². The highest BCUT2D eigenvalue weighted by molar-refractivity contribution is 5.16. The van der Waals surface area contributed by atoms with Gasteiger partial charge in [-0.25, -0.2) is 4.98 Å². The van der Waals surface area contributed by atoms with Crippen LogP contribution in [0.25, 0.3) is 0 Å². The largest absolute Gasteiger partial charge is 0.467 e. The van der Waals surface area contributed by atoms with Crippen LogP contribution < -0.4 is 5.32 Å². The monoisotopic (exact) mass is 275 g/mol. The number of furan rings is 1. The van der Waals surface area contributed by atoms with Gasteiger partial charge in [-0.1, -0.05) is 26.7 Å². The summed E-state index contributed by atoms with van der Waals surface area (Å²) in [7, 11) is 2.02. The zero-order valence-electron chi connectivity index (χ0n) is 12.8. The van der Waals surface area contributed by atoms with Gasteiger partial charge in [0.2, 0.25) is 0 Å². The molecular weight excluding hydrogens is 250 g/mol. The fraction of sp³-hybridized carbons (Fsp3) is 0.562. The molecule has 0 saturated heterocycles. The predicted octanol–water partition coefficient (Wildman–Crippen LogP) is 3.52. The van der Waals surface area contributed by atoms with E-state index in [1.54, 1.807) is 6.26 Å². The Morgan fingerprint density at radius 3 is 2.60 bits per heavy atom. The van der Waals surface area contributed by atoms with E-state index in [1.807, 2.05) is 36.1 Å². The topological polar surface area (TPSA) is 43.0 Å². The van der Waals surface area contributed by atoms with Gasteiger partial charge in [0.15, 0.2) is 0 Å². The van der Waals surface area contributed by atoms with Gasteiger partial charge in [-0.15, -0.1) is 0 Å². The highest BCUT2D eigenvalue weighted by Gasteiger charge is 2.25. The average molecular weight is 275 g/mol. The van der Waals surface area contributed by atoms with Gasteiger partial charge in [-0.05, 0) is 25.0 Å². The molecule has 0 aliphatic carbocycles. The van der Waals surface area contributed by atoms with Crippen LogP contribution >= 0.6 is 0 Å². The molecule has 20 heavy (non-hydrogen) atoms. The molecule has 2 unspecified atom stereocenters. The van der Waals surface area contributed by atoms with Crippen molar-refractivity contribution in [1.29, 1.82) is 0 Å². The molecule has 0 fully saturated rings. The Hall–Kier alpha value is -1.55. The van der Waals surface area contributed by atoms with E-state index in [4.69, 9.17) is 4.42 Å². The van der Waals surface area contributed by atoms with E-state index in [1.165, 1.54) is 12.8 Å². The van der Waals surface area contributed by atoms with Crippen LogP contribution in [0.1, 0.15) is 51.2 Å². The highest BCUT2D eigenvalue weighted by Crippen LogP contribution is 2.24. The summed E-state index contributed by atoms with van der Waals surface area (Å²) in [6.07, 6.45) is 7.87. The molecule has 2 rings (SSSR count). The molecule has 0 spiro atoms. The fourth-order valence-corrected chi connectivity index (χ4v) is 2.79. The molecule has 2 aromatic rings. The molecule has 0 aromatic carbocycles. The third kappa shape index (κ3) is 3.12. The van der Waals surface area contributed by atoms with E-state index >= 15 is 0 Å². The van der Waals surface area contributed by atoms with Crippen LogP contribution in [0.15, 0.2) is 35.2 Å². The second-order valence-electron chi connectivity index (χ2n) is 5.38. The quantitative estimate of drug-likeness (QED) is 0.840. The van der Waals surface area contributed by atoms with E-state index in [9.17, 15) is 0 Å². The first-order valence-electron chi connectivity index (χ1n) is 7.44. The van der Waals surface area contributed by atoms with Crippen LogP contribution in [0.4, 0.5) is 0 Å². The summed E-state index contributed by atoms with van der Waals surface area (Å²) in [5, 5.41) is 3.69. The van der Waals surface area contributed by atoms with Crippen molar-refractivity contribution in [2.45, 2.75) is 45.7 Å². The number of nitrogens with zero attached hydrogens (tertiary/aromatic N) is 2. The van der Waals surface area contributed by atoms with Crippen LogP contribution in [0.3, 0.4) is 0 Å². The predicted molar refractivity (Wildman–Crippen MR) is 80.4 cm³/mol. The Bertz CT molecular complexity index is 500. The number of rotatable bonds is 7. The van der Waals surface area contributed by atoms with E-state index in [-0.39, 0.29) is 6.04 Å². The molecule has 0 bridgehead atoms. The van der Waals surface area contributed by atoms with Crippen LogP contribution in [0, 0.1) is 5.92 Å². The zero-order valence-corrected chi connectivity index (χ0v) is 12.8. The zero-order chi connectivity index (χ0) is 14.5. The minimum absolute atomic E-state index is 0.000556. The first-order chi connectivity index (χ1) is 9.67. The van der Waals surface area contributed by atoms with Gasteiger partial charge in [0, 0.05) is 25.5 Å². The summed E-state index contributed by atoms with van der Waals surface area (Å²) in [5.41, 5.74) is 0. The molecule has 1 N–H and O–H groups in total. The summed E-state index contributed by atoms with van der Waals surface area (Å²) in [6.45, 7) is 6.74. The molecule has 4 nitrogen and oxygen atoms in total. The minimum atomic E-state index is 0.000556. The molecule has 0 amide bonds. The number of aromatic nitrogens is 2. The SMILES string of the molecule is CCC(CC)C(C)NC(c1ccco1)c1nccn1C. The van der Waals surface area contributed by atoms with Crippen molar-refractivity contribution < 1.29 is 4.42 Å². The lowest BCUT2D eigenvalue weighted by atomic mass is 9.94. The number of nitrogens with one attached hydrogen (secondary N) is 1. The van der Waals surface area contributed by atoms with Gasteiger partial charge >= 0.3 is 0 Å². The van der Waals surface area contributed by atoms with Crippen molar-refractivity contribution in [3.05, 3.63) is 42.4 Å². The maximum atomic E-state index is 5.61. The van der Waals surface area contributed by atoms with Gasteiger partial charge in [-0.3, -0.25) is 5.32 Å². The molecule has 110 valence electrons. The summed E-state index contributed by atoms with van der Waals surface area (Å²) < 4.78 is 7.65. The summed E-state index contributed by atoms with van der Waals surface area (Å²) in [5.74, 6) is 2.56. The van der Waals surface area contributed by atoms with Gasteiger partial charge in [-0.2, -0.15) is 0 Å². The molecule has 4 heteroatoms. The second kappa shape index (κ2) is 6.75. The summed E-state index contributed by atoms with van der Waals surface area (Å²) in [6, 6.07) is 4.35. The van der Waals surface area contributed by atoms with E-state index in [2.05, 4.69) is 31.1 Å². The molecule has 0 saturated carbocycles. The summed E-state index contributed by atoms with van der Waals surface area (Å²) >= 11 is 0. The lowest BCUT2D eigenvalue weighted by Gasteiger charge is -2.27. The molecule has 0 aliphatic heterocycles. The minimum Gasteiger partial charge on any atom is -0.467 e. The van der Waals surface area contributed by atoms with Gasteiger partial charge < -0.3 is 8.98 Å². The van der Waals surface area contributed by atoms with E-state index in [0.29, 0.717) is 12.0 Å². The van der Waals surface area contributed by atoms with Gasteiger partial charge in [0.1, 0.15) is 17.6 Å². The standard InChI is InChI=1S/C16H25N3O/c1-5-13(6-2)12(3)18-15(14-8-7-11-20-14)16-17-9-10-19(16)4/h7-13,15,18H,5-6H2,1-4H3. The Morgan fingerprint density at radius 2 is 2.10 bits per heavy atom. The van der Waals surface area contributed by atoms with Crippen LogP contribution in [-0.2, 0) is 7.05 Å².